The molecule has 1 saturated carbocycles. The van der Waals surface area contributed by atoms with Crippen molar-refractivity contribution in [3.05, 3.63) is 80.9 Å². The predicted octanol–water partition coefficient (Wildman–Crippen LogP) is 8.48. The molecule has 16 heteroatoms. The number of aryl methyl sites for hydroxylation is 1. The second-order valence-corrected chi connectivity index (χ2v) is 15.6. The van der Waals surface area contributed by atoms with E-state index in [4.69, 9.17) is 32.9 Å². The number of rotatable bonds is 14. The van der Waals surface area contributed by atoms with E-state index >= 15 is 0 Å². The molecule has 3 aromatic heterocycles. The third-order valence-electron chi connectivity index (χ3n) is 10.1. The zero-order valence-electron chi connectivity index (χ0n) is 29.8. The normalized spacial score (nSPS) is 18.5. The summed E-state index contributed by atoms with van der Waals surface area (Å²) < 4.78 is 33.1. The molecule has 2 aromatic carbocycles. The summed E-state index contributed by atoms with van der Waals surface area (Å²) in [5, 5.41) is 23.9. The lowest BCUT2D eigenvalue weighted by Gasteiger charge is -2.26. The van der Waals surface area contributed by atoms with Gasteiger partial charge in [0.25, 0.3) is 0 Å². The number of carboxylic acid groups (broad SMARTS) is 1. The topological polar surface area (TPSA) is 150 Å². The highest BCUT2D eigenvalue weighted by atomic mass is 35.5. The van der Waals surface area contributed by atoms with Crippen molar-refractivity contribution in [1.82, 2.24) is 30.9 Å². The van der Waals surface area contributed by atoms with E-state index in [1.54, 1.807) is 42.7 Å². The van der Waals surface area contributed by atoms with Crippen LogP contribution in [0.3, 0.4) is 0 Å². The lowest BCUT2D eigenvalue weighted by molar-refractivity contribution is -0.142. The number of hydrogen-bond acceptors (Lipinski definition) is 10. The molecule has 1 saturated heterocycles. The quantitative estimate of drug-likeness (QED) is 0.0739. The van der Waals surface area contributed by atoms with Crippen molar-refractivity contribution in [3.8, 4) is 28.3 Å². The summed E-state index contributed by atoms with van der Waals surface area (Å²) in [6.45, 7) is -0.0219. The van der Waals surface area contributed by atoms with E-state index in [9.17, 15) is 23.5 Å². The Morgan fingerprint density at radius 3 is 2.49 bits per heavy atom. The number of carbonyl (C=O) groups is 2. The summed E-state index contributed by atoms with van der Waals surface area (Å²) in [5.74, 6) is -0.649. The highest BCUT2D eigenvalue weighted by Crippen LogP contribution is 2.43. The van der Waals surface area contributed by atoms with Crippen LogP contribution >= 0.6 is 34.5 Å². The van der Waals surface area contributed by atoms with Gasteiger partial charge in [0.2, 0.25) is 11.8 Å². The molecule has 7 rings (SSSR count). The van der Waals surface area contributed by atoms with Crippen LogP contribution < -0.4 is 26.0 Å². The van der Waals surface area contributed by atoms with Crippen LogP contribution in [0.4, 0.5) is 20.3 Å². The summed E-state index contributed by atoms with van der Waals surface area (Å²) in [6.07, 6.45) is 5.86. The Morgan fingerprint density at radius 1 is 1.02 bits per heavy atom. The van der Waals surface area contributed by atoms with Crippen LogP contribution in [0.2, 0.25) is 10.0 Å². The Bertz CT molecular complexity index is 2220. The number of aliphatic carboxylic acids is 1. The van der Waals surface area contributed by atoms with Gasteiger partial charge in [-0.1, -0.05) is 53.5 Å². The number of nitrogens with zero attached hydrogens (tertiary/aromatic N) is 3. The third-order valence-corrected chi connectivity index (χ3v) is 11.9. The molecule has 4 heterocycles. The van der Waals surface area contributed by atoms with Gasteiger partial charge in [0.05, 0.1) is 32.0 Å². The lowest BCUT2D eigenvalue weighted by atomic mass is 9.86. The van der Waals surface area contributed by atoms with Crippen molar-refractivity contribution in [2.75, 3.05) is 11.9 Å². The number of nitrogens with one attached hydrogen (secondary N) is 4. The number of alkyl halides is 2. The number of carboxylic acids is 1. The van der Waals surface area contributed by atoms with Crippen molar-refractivity contribution in [1.29, 1.82) is 0 Å². The van der Waals surface area contributed by atoms with Crippen molar-refractivity contribution in [2.24, 2.45) is 5.92 Å². The van der Waals surface area contributed by atoms with Gasteiger partial charge in [0, 0.05) is 66.6 Å². The van der Waals surface area contributed by atoms with E-state index in [1.165, 1.54) is 0 Å². The molecule has 0 bridgehead atoms. The molecule has 0 spiro atoms. The molecule has 1 atom stereocenters. The smallest absolute Gasteiger partial charge is 0.388 e. The minimum atomic E-state index is -3.09. The fourth-order valence-corrected chi connectivity index (χ4v) is 8.67. The Kier molecular flexibility index (Phi) is 12.1. The molecule has 55 heavy (non-hydrogen) atoms. The summed E-state index contributed by atoms with van der Waals surface area (Å²) in [6, 6.07) is 14.8. The van der Waals surface area contributed by atoms with Gasteiger partial charge in [-0.25, -0.2) is 15.0 Å². The van der Waals surface area contributed by atoms with Crippen LogP contribution in [0.1, 0.15) is 54.7 Å². The van der Waals surface area contributed by atoms with E-state index < -0.39 is 12.6 Å². The zero-order valence-corrected chi connectivity index (χ0v) is 32.1. The lowest BCUT2D eigenvalue weighted by Crippen LogP contribution is -2.35. The number of halogens is 4. The Balaban J connectivity index is 1.10. The number of ether oxygens (including phenoxy) is 1. The zero-order chi connectivity index (χ0) is 38.6. The largest absolute Gasteiger partial charge is 0.481 e. The molecule has 1 aliphatic carbocycles. The standard InChI is InChI=1S/C39H39Cl2F2N7O4S/c1-20-16-29(49-37(54-39(42)43)27(20)18-44-17-23-12-13-31(51)47-23)26-6-2-4-24(33(26)40)25-5-3-7-28(34(25)41)48-36-35-30(14-15-45-36)55-32(50-35)19-46-22-10-8-21(9-11-22)38(52)53/h2-7,14-16,21-23,39,44,46H,8-13,17-19H2,1H3,(H,45,48)(H,47,51)(H,52,53)/t21?,22?,23-/m0/s1. The van der Waals surface area contributed by atoms with Gasteiger partial charge in [-0.05, 0) is 62.8 Å². The van der Waals surface area contributed by atoms with Crippen LogP contribution in [-0.4, -0.2) is 57.2 Å². The maximum absolute atomic E-state index is 13.6. The summed E-state index contributed by atoms with van der Waals surface area (Å²) >= 11 is 15.7. The van der Waals surface area contributed by atoms with Gasteiger partial charge in [-0.2, -0.15) is 8.78 Å². The molecular weight excluding hydrogens is 771 g/mol. The second-order valence-electron chi connectivity index (χ2n) is 13.8. The minimum absolute atomic E-state index is 0.00122. The number of amides is 1. The minimum Gasteiger partial charge on any atom is -0.481 e. The van der Waals surface area contributed by atoms with Gasteiger partial charge in [-0.15, -0.1) is 11.3 Å². The maximum Gasteiger partial charge on any atom is 0.388 e. The first-order chi connectivity index (χ1) is 26.5. The molecule has 2 fully saturated rings. The van der Waals surface area contributed by atoms with E-state index in [-0.39, 0.29) is 36.3 Å². The molecule has 5 aromatic rings. The number of fused-ring (bicyclic) bond motifs is 1. The Hall–Kier alpha value is -4.47. The van der Waals surface area contributed by atoms with Gasteiger partial charge in [0.1, 0.15) is 10.5 Å². The van der Waals surface area contributed by atoms with Crippen LogP contribution in [-0.2, 0) is 22.7 Å². The number of hydrogen-bond donors (Lipinski definition) is 5. The predicted molar refractivity (Wildman–Crippen MR) is 210 cm³/mol. The summed E-state index contributed by atoms with van der Waals surface area (Å²) in [4.78, 5) is 36.8. The van der Waals surface area contributed by atoms with Crippen molar-refractivity contribution in [3.63, 3.8) is 0 Å². The van der Waals surface area contributed by atoms with Crippen LogP contribution in [0, 0.1) is 12.8 Å². The van der Waals surface area contributed by atoms with Crippen LogP contribution in [0.25, 0.3) is 32.6 Å². The van der Waals surface area contributed by atoms with Crippen molar-refractivity contribution >= 4 is 68.1 Å². The molecule has 0 radical (unpaired) electrons. The molecule has 288 valence electrons. The third kappa shape index (κ3) is 9.00. The van der Waals surface area contributed by atoms with E-state index in [0.717, 1.165) is 22.5 Å². The molecular formula is C39H39Cl2F2N7O4S. The van der Waals surface area contributed by atoms with Gasteiger partial charge < -0.3 is 31.1 Å². The monoisotopic (exact) mass is 809 g/mol. The molecule has 11 nitrogen and oxygen atoms in total. The highest BCUT2D eigenvalue weighted by Gasteiger charge is 2.26. The Labute approximate surface area is 330 Å². The van der Waals surface area contributed by atoms with Crippen molar-refractivity contribution in [2.45, 2.75) is 77.2 Å². The SMILES string of the molecule is Cc1cc(-c2cccc(-c3cccc(Nc4nccc5sc(CNC6CCC(C(=O)O)CC6)nc45)c3Cl)c2Cl)nc(OC(F)F)c1CNC[C@@H]1CCC(=O)N1. The Morgan fingerprint density at radius 2 is 1.76 bits per heavy atom. The van der Waals surface area contributed by atoms with Crippen LogP contribution in [0.15, 0.2) is 54.7 Å². The van der Waals surface area contributed by atoms with Gasteiger partial charge in [-0.3, -0.25) is 9.59 Å². The van der Waals surface area contributed by atoms with Gasteiger partial charge >= 0.3 is 12.6 Å². The van der Waals surface area contributed by atoms with E-state index in [2.05, 4.69) is 31.2 Å². The molecule has 2 aliphatic rings. The van der Waals surface area contributed by atoms with E-state index in [0.29, 0.717) is 99.4 Å². The average molecular weight is 811 g/mol. The van der Waals surface area contributed by atoms with Gasteiger partial charge in [0.15, 0.2) is 5.82 Å². The fraction of sp³-hybridized carbons (Fsp3) is 0.359. The first-order valence-corrected chi connectivity index (χ1v) is 19.6. The number of pyridine rings is 2. The second kappa shape index (κ2) is 17.1. The maximum atomic E-state index is 13.6. The summed E-state index contributed by atoms with van der Waals surface area (Å²) in [7, 11) is 0. The first kappa shape index (κ1) is 38.8. The number of carbonyl (C=O) groups excluding carboxylic acids is 1. The first-order valence-electron chi connectivity index (χ1n) is 18.0. The number of aromatic nitrogens is 3. The summed E-state index contributed by atoms with van der Waals surface area (Å²) in [5.41, 5.74) is 4.55. The highest BCUT2D eigenvalue weighted by molar-refractivity contribution is 7.18. The van der Waals surface area contributed by atoms with Crippen molar-refractivity contribution < 1.29 is 28.2 Å². The number of benzene rings is 2. The number of anilines is 2. The molecule has 1 aliphatic heterocycles. The average Bonchev–Trinajstić information content (AvgIpc) is 3.78. The van der Waals surface area contributed by atoms with E-state index in [1.807, 2.05) is 30.3 Å². The van der Waals surface area contributed by atoms with Crippen LogP contribution in [0.5, 0.6) is 5.88 Å². The number of thiazole rings is 1. The molecule has 0 unspecified atom stereocenters. The molecule has 1 amide bonds. The molecule has 5 N–H and O–H groups in total. The fourth-order valence-electron chi connectivity index (χ4n) is 7.15.